The normalized spacial score (nSPS) is 17.8. The fraction of sp³-hybridized carbons (Fsp3) is 0.250. The van der Waals surface area contributed by atoms with Crippen LogP contribution in [0.1, 0.15) is 30.0 Å². The van der Waals surface area contributed by atoms with Crippen LogP contribution < -0.4 is 5.32 Å². The average molecular weight is 274 g/mol. The molecule has 0 fully saturated rings. The number of phenolic OH excluding ortho intramolecular Hbond substituents is 1. The van der Waals surface area contributed by atoms with E-state index in [1.165, 1.54) is 11.1 Å². The minimum absolute atomic E-state index is 0.245. The highest BCUT2D eigenvalue weighted by Gasteiger charge is 2.20. The summed E-state index contributed by atoms with van der Waals surface area (Å²) in [7, 11) is 0. The van der Waals surface area contributed by atoms with E-state index in [-0.39, 0.29) is 6.04 Å². The molecule has 0 heterocycles. The van der Waals surface area contributed by atoms with Crippen molar-refractivity contribution in [1.82, 2.24) is 0 Å². The predicted molar refractivity (Wildman–Crippen MR) is 78.9 cm³/mol. The molecule has 3 heteroatoms. The smallest absolute Gasteiger partial charge is 0.115 e. The zero-order valence-electron chi connectivity index (χ0n) is 10.6. The van der Waals surface area contributed by atoms with Gasteiger partial charge in [-0.25, -0.2) is 0 Å². The van der Waals surface area contributed by atoms with E-state index in [0.29, 0.717) is 5.75 Å². The summed E-state index contributed by atoms with van der Waals surface area (Å²) in [6, 6.07) is 13.7. The number of fused-ring (bicyclic) bond motifs is 1. The Balaban J connectivity index is 1.89. The molecule has 3 rings (SSSR count). The minimum atomic E-state index is 0.245. The molecule has 98 valence electrons. The van der Waals surface area contributed by atoms with Crippen molar-refractivity contribution in [3.63, 3.8) is 0 Å². The molecule has 1 atom stereocenters. The lowest BCUT2D eigenvalue weighted by molar-refractivity contribution is 0.471. The second-order valence-electron chi connectivity index (χ2n) is 4.98. The number of aryl methyl sites for hydroxylation is 1. The van der Waals surface area contributed by atoms with Crippen molar-refractivity contribution in [3.05, 3.63) is 58.6 Å². The summed E-state index contributed by atoms with van der Waals surface area (Å²) in [4.78, 5) is 0. The summed E-state index contributed by atoms with van der Waals surface area (Å²) < 4.78 is 0. The largest absolute Gasteiger partial charge is 0.508 e. The minimum Gasteiger partial charge on any atom is -0.508 e. The third-order valence-electron chi connectivity index (χ3n) is 3.61. The van der Waals surface area contributed by atoms with E-state index < -0.39 is 0 Å². The highest BCUT2D eigenvalue weighted by Crippen LogP contribution is 2.34. The number of hydrogen-bond donors (Lipinski definition) is 2. The van der Waals surface area contributed by atoms with Gasteiger partial charge in [0.2, 0.25) is 0 Å². The summed E-state index contributed by atoms with van der Waals surface area (Å²) in [5, 5.41) is 13.9. The average Bonchev–Trinajstić information content (AvgIpc) is 2.39. The first kappa shape index (κ1) is 12.4. The Bertz CT molecular complexity index is 597. The van der Waals surface area contributed by atoms with Crippen LogP contribution in [0.4, 0.5) is 5.69 Å². The van der Waals surface area contributed by atoms with E-state index in [9.17, 15) is 5.11 Å². The van der Waals surface area contributed by atoms with Crippen LogP contribution in [0.2, 0.25) is 5.02 Å². The quantitative estimate of drug-likeness (QED) is 0.842. The van der Waals surface area contributed by atoms with E-state index in [4.69, 9.17) is 11.6 Å². The van der Waals surface area contributed by atoms with Gasteiger partial charge in [0, 0.05) is 10.7 Å². The molecule has 0 saturated heterocycles. The molecule has 0 amide bonds. The first-order valence-electron chi connectivity index (χ1n) is 6.56. The van der Waals surface area contributed by atoms with Crippen molar-refractivity contribution < 1.29 is 5.11 Å². The number of phenols is 1. The second kappa shape index (κ2) is 5.14. The Labute approximate surface area is 118 Å². The van der Waals surface area contributed by atoms with Crippen molar-refractivity contribution in [1.29, 1.82) is 0 Å². The molecule has 0 spiro atoms. The number of aromatic hydroxyl groups is 1. The molecule has 1 unspecified atom stereocenters. The van der Waals surface area contributed by atoms with Crippen LogP contribution in [0.3, 0.4) is 0 Å². The SMILES string of the molecule is Oc1ccc2c(c1)C(Nc1cccc(Cl)c1)CCC2. The molecule has 0 saturated carbocycles. The van der Waals surface area contributed by atoms with E-state index >= 15 is 0 Å². The van der Waals surface area contributed by atoms with Gasteiger partial charge in [-0.2, -0.15) is 0 Å². The number of nitrogens with one attached hydrogen (secondary N) is 1. The van der Waals surface area contributed by atoms with Gasteiger partial charge in [-0.05, 0) is 60.7 Å². The van der Waals surface area contributed by atoms with E-state index in [2.05, 4.69) is 5.32 Å². The highest BCUT2D eigenvalue weighted by molar-refractivity contribution is 6.30. The molecule has 1 aliphatic rings. The van der Waals surface area contributed by atoms with Gasteiger partial charge < -0.3 is 10.4 Å². The Kier molecular flexibility index (Phi) is 3.34. The molecule has 0 aromatic heterocycles. The molecule has 0 bridgehead atoms. The van der Waals surface area contributed by atoms with E-state index in [0.717, 1.165) is 30.0 Å². The van der Waals surface area contributed by atoms with Crippen molar-refractivity contribution in [2.24, 2.45) is 0 Å². The number of hydrogen-bond acceptors (Lipinski definition) is 2. The van der Waals surface area contributed by atoms with Crippen LogP contribution in [0.15, 0.2) is 42.5 Å². The number of rotatable bonds is 2. The van der Waals surface area contributed by atoms with Crippen LogP contribution in [0.5, 0.6) is 5.75 Å². The Morgan fingerprint density at radius 2 is 2.05 bits per heavy atom. The number of benzene rings is 2. The first-order chi connectivity index (χ1) is 9.22. The van der Waals surface area contributed by atoms with Crippen molar-refractivity contribution in [2.75, 3.05) is 5.32 Å². The zero-order valence-corrected chi connectivity index (χ0v) is 11.3. The number of anilines is 1. The topological polar surface area (TPSA) is 32.3 Å². The maximum atomic E-state index is 9.67. The second-order valence-corrected chi connectivity index (χ2v) is 5.42. The van der Waals surface area contributed by atoms with Crippen LogP contribution in [0, 0.1) is 0 Å². The van der Waals surface area contributed by atoms with Crippen molar-refractivity contribution in [2.45, 2.75) is 25.3 Å². The van der Waals surface area contributed by atoms with Gasteiger partial charge in [-0.1, -0.05) is 23.7 Å². The lowest BCUT2D eigenvalue weighted by Crippen LogP contribution is -2.17. The summed E-state index contributed by atoms with van der Waals surface area (Å²) >= 11 is 6.01. The lowest BCUT2D eigenvalue weighted by atomic mass is 9.87. The van der Waals surface area contributed by atoms with Gasteiger partial charge in [-0.3, -0.25) is 0 Å². The fourth-order valence-corrected chi connectivity index (χ4v) is 2.91. The summed E-state index contributed by atoms with van der Waals surface area (Å²) in [5.41, 5.74) is 3.54. The van der Waals surface area contributed by atoms with Crippen LogP contribution in [-0.4, -0.2) is 5.11 Å². The Hall–Kier alpha value is -1.67. The van der Waals surface area contributed by atoms with E-state index in [1.54, 1.807) is 6.07 Å². The van der Waals surface area contributed by atoms with Crippen LogP contribution in [-0.2, 0) is 6.42 Å². The van der Waals surface area contributed by atoms with Crippen molar-refractivity contribution >= 4 is 17.3 Å². The van der Waals surface area contributed by atoms with Gasteiger partial charge >= 0.3 is 0 Å². The van der Waals surface area contributed by atoms with Gasteiger partial charge in [0.1, 0.15) is 5.75 Å². The number of halogens is 1. The summed E-state index contributed by atoms with van der Waals surface area (Å²) in [6.45, 7) is 0. The first-order valence-corrected chi connectivity index (χ1v) is 6.94. The van der Waals surface area contributed by atoms with E-state index in [1.807, 2.05) is 36.4 Å². The maximum Gasteiger partial charge on any atom is 0.115 e. The molecule has 2 aromatic rings. The third kappa shape index (κ3) is 2.69. The molecule has 1 aliphatic carbocycles. The Morgan fingerprint density at radius 1 is 1.16 bits per heavy atom. The van der Waals surface area contributed by atoms with Gasteiger partial charge in [-0.15, -0.1) is 0 Å². The maximum absolute atomic E-state index is 9.67. The van der Waals surface area contributed by atoms with Crippen LogP contribution >= 0.6 is 11.6 Å². The monoisotopic (exact) mass is 273 g/mol. The molecular formula is C16H16ClNO. The molecule has 2 N–H and O–H groups in total. The molecule has 2 aromatic carbocycles. The van der Waals surface area contributed by atoms with Gasteiger partial charge in [0.05, 0.1) is 6.04 Å². The standard InChI is InChI=1S/C16H16ClNO/c17-12-4-2-5-13(9-12)18-16-6-1-3-11-7-8-14(19)10-15(11)16/h2,4-5,7-10,16,18-19H,1,3,6H2. The molecule has 2 nitrogen and oxygen atoms in total. The molecular weight excluding hydrogens is 258 g/mol. The Morgan fingerprint density at radius 3 is 2.89 bits per heavy atom. The molecule has 0 radical (unpaired) electrons. The van der Waals surface area contributed by atoms with Gasteiger partial charge in [0.15, 0.2) is 0 Å². The van der Waals surface area contributed by atoms with Gasteiger partial charge in [0.25, 0.3) is 0 Å². The third-order valence-corrected chi connectivity index (χ3v) is 3.84. The fourth-order valence-electron chi connectivity index (χ4n) is 2.72. The summed E-state index contributed by atoms with van der Waals surface area (Å²) in [5.74, 6) is 0.332. The molecule has 0 aliphatic heterocycles. The summed E-state index contributed by atoms with van der Waals surface area (Å²) in [6.07, 6.45) is 3.32. The lowest BCUT2D eigenvalue weighted by Gasteiger charge is -2.27. The highest BCUT2D eigenvalue weighted by atomic mass is 35.5. The molecule has 19 heavy (non-hydrogen) atoms. The van der Waals surface area contributed by atoms with Crippen molar-refractivity contribution in [3.8, 4) is 5.75 Å². The predicted octanol–water partition coefficient (Wildman–Crippen LogP) is 4.54. The van der Waals surface area contributed by atoms with Crippen LogP contribution in [0.25, 0.3) is 0 Å². The zero-order chi connectivity index (χ0) is 13.2.